The van der Waals surface area contributed by atoms with Crippen molar-refractivity contribution in [3.05, 3.63) is 24.2 Å². The standard InChI is InChI=1S/C14H20N2O4/c1-10(9-11-5-4-8-20-11)15-14(19)16-7-3-2-6-12(16)13(17)18/h4-5,8,10,12H,2-3,6-7,9H2,1H3,(H,15,19)(H,17,18). The van der Waals surface area contributed by atoms with Crippen LogP contribution in [0.5, 0.6) is 0 Å². The highest BCUT2D eigenvalue weighted by Gasteiger charge is 2.32. The van der Waals surface area contributed by atoms with Gasteiger partial charge in [-0.05, 0) is 38.3 Å². The molecular weight excluding hydrogens is 260 g/mol. The third-order valence-electron chi connectivity index (χ3n) is 3.51. The number of carboxylic acid groups (broad SMARTS) is 1. The summed E-state index contributed by atoms with van der Waals surface area (Å²) in [6.07, 6.45) is 4.40. The molecule has 2 heterocycles. The van der Waals surface area contributed by atoms with Gasteiger partial charge in [-0.1, -0.05) is 0 Å². The quantitative estimate of drug-likeness (QED) is 0.882. The summed E-state index contributed by atoms with van der Waals surface area (Å²) in [5, 5.41) is 12.0. The monoisotopic (exact) mass is 280 g/mol. The molecule has 1 aromatic heterocycles. The summed E-state index contributed by atoms with van der Waals surface area (Å²) in [4.78, 5) is 24.8. The van der Waals surface area contributed by atoms with E-state index in [2.05, 4.69) is 5.32 Å². The first-order valence-corrected chi connectivity index (χ1v) is 6.90. The first kappa shape index (κ1) is 14.4. The normalized spacial score (nSPS) is 20.4. The highest BCUT2D eigenvalue weighted by atomic mass is 16.4. The maximum Gasteiger partial charge on any atom is 0.326 e. The zero-order valence-electron chi connectivity index (χ0n) is 11.5. The average molecular weight is 280 g/mol. The van der Waals surface area contributed by atoms with E-state index in [9.17, 15) is 9.59 Å². The molecule has 1 aliphatic heterocycles. The van der Waals surface area contributed by atoms with E-state index < -0.39 is 12.0 Å². The maximum atomic E-state index is 12.2. The van der Waals surface area contributed by atoms with Crippen molar-refractivity contribution in [1.29, 1.82) is 0 Å². The summed E-state index contributed by atoms with van der Waals surface area (Å²) < 4.78 is 5.23. The number of rotatable bonds is 4. The number of nitrogens with one attached hydrogen (secondary N) is 1. The van der Waals surface area contributed by atoms with Crippen molar-refractivity contribution in [2.24, 2.45) is 0 Å². The summed E-state index contributed by atoms with van der Waals surface area (Å²) in [5.74, 6) is -0.134. The zero-order chi connectivity index (χ0) is 14.5. The van der Waals surface area contributed by atoms with Gasteiger partial charge in [0.2, 0.25) is 0 Å². The van der Waals surface area contributed by atoms with Crippen LogP contribution in [0.2, 0.25) is 0 Å². The predicted octanol–water partition coefficient (Wildman–Crippen LogP) is 1.86. The van der Waals surface area contributed by atoms with Crippen molar-refractivity contribution in [2.75, 3.05) is 6.54 Å². The Labute approximate surface area is 117 Å². The van der Waals surface area contributed by atoms with Crippen molar-refractivity contribution in [3.63, 3.8) is 0 Å². The van der Waals surface area contributed by atoms with Gasteiger partial charge >= 0.3 is 12.0 Å². The number of furan rings is 1. The summed E-state index contributed by atoms with van der Waals surface area (Å²) in [6.45, 7) is 2.37. The summed E-state index contributed by atoms with van der Waals surface area (Å²) in [6, 6.07) is 2.53. The molecule has 2 rings (SSSR count). The van der Waals surface area contributed by atoms with Gasteiger partial charge in [0, 0.05) is 19.0 Å². The number of nitrogens with zero attached hydrogens (tertiary/aromatic N) is 1. The molecule has 0 aliphatic carbocycles. The Morgan fingerprint density at radius 2 is 2.35 bits per heavy atom. The van der Waals surface area contributed by atoms with Crippen molar-refractivity contribution < 1.29 is 19.1 Å². The van der Waals surface area contributed by atoms with E-state index in [0.29, 0.717) is 19.4 Å². The topological polar surface area (TPSA) is 82.8 Å². The van der Waals surface area contributed by atoms with Crippen LogP contribution in [0.3, 0.4) is 0 Å². The van der Waals surface area contributed by atoms with E-state index in [0.717, 1.165) is 18.6 Å². The number of likely N-dealkylation sites (tertiary alicyclic amines) is 1. The van der Waals surface area contributed by atoms with E-state index in [4.69, 9.17) is 9.52 Å². The molecule has 0 aromatic carbocycles. The van der Waals surface area contributed by atoms with Gasteiger partial charge in [0.25, 0.3) is 0 Å². The molecule has 1 saturated heterocycles. The molecule has 0 bridgehead atoms. The molecule has 0 radical (unpaired) electrons. The molecular formula is C14H20N2O4. The molecule has 6 heteroatoms. The number of carbonyl (C=O) groups excluding carboxylic acids is 1. The van der Waals surface area contributed by atoms with E-state index in [-0.39, 0.29) is 12.1 Å². The van der Waals surface area contributed by atoms with Crippen LogP contribution < -0.4 is 5.32 Å². The van der Waals surface area contributed by atoms with Crippen LogP contribution in [-0.2, 0) is 11.2 Å². The van der Waals surface area contributed by atoms with Gasteiger partial charge in [0.05, 0.1) is 6.26 Å². The maximum absolute atomic E-state index is 12.2. The Morgan fingerprint density at radius 1 is 1.55 bits per heavy atom. The Morgan fingerprint density at radius 3 is 3.00 bits per heavy atom. The highest BCUT2D eigenvalue weighted by Crippen LogP contribution is 2.17. The number of hydrogen-bond acceptors (Lipinski definition) is 3. The van der Waals surface area contributed by atoms with Gasteiger partial charge in [-0.15, -0.1) is 0 Å². The number of amides is 2. The molecule has 2 amide bonds. The Kier molecular flexibility index (Phi) is 4.65. The molecule has 0 saturated carbocycles. The molecule has 0 spiro atoms. The first-order valence-electron chi connectivity index (χ1n) is 6.90. The summed E-state index contributed by atoms with van der Waals surface area (Å²) in [5.41, 5.74) is 0. The number of hydrogen-bond donors (Lipinski definition) is 2. The van der Waals surface area contributed by atoms with Gasteiger partial charge in [0.15, 0.2) is 0 Å². The minimum absolute atomic E-state index is 0.106. The fourth-order valence-electron chi connectivity index (χ4n) is 2.51. The van der Waals surface area contributed by atoms with E-state index in [1.54, 1.807) is 12.3 Å². The minimum atomic E-state index is -0.932. The Hall–Kier alpha value is -1.98. The van der Waals surface area contributed by atoms with Crippen LogP contribution in [0, 0.1) is 0 Å². The second-order valence-electron chi connectivity index (χ2n) is 5.18. The summed E-state index contributed by atoms with van der Waals surface area (Å²) >= 11 is 0. The Balaban J connectivity index is 1.90. The molecule has 1 aromatic rings. The number of carbonyl (C=O) groups is 2. The second kappa shape index (κ2) is 6.45. The third kappa shape index (κ3) is 3.53. The van der Waals surface area contributed by atoms with Crippen molar-refractivity contribution >= 4 is 12.0 Å². The number of carboxylic acids is 1. The van der Waals surface area contributed by atoms with Gasteiger partial charge in [0.1, 0.15) is 11.8 Å². The van der Waals surface area contributed by atoms with Crippen molar-refractivity contribution in [2.45, 2.75) is 44.7 Å². The van der Waals surface area contributed by atoms with Crippen molar-refractivity contribution in [1.82, 2.24) is 10.2 Å². The highest BCUT2D eigenvalue weighted by molar-refractivity contribution is 5.83. The fourth-order valence-corrected chi connectivity index (χ4v) is 2.51. The van der Waals surface area contributed by atoms with Crippen LogP contribution in [-0.4, -0.2) is 40.6 Å². The SMILES string of the molecule is CC(Cc1ccco1)NC(=O)N1CCCCC1C(=O)O. The van der Waals surface area contributed by atoms with E-state index >= 15 is 0 Å². The van der Waals surface area contributed by atoms with Crippen LogP contribution in [0.25, 0.3) is 0 Å². The Bertz CT molecular complexity index is 458. The average Bonchev–Trinajstić information content (AvgIpc) is 2.91. The lowest BCUT2D eigenvalue weighted by atomic mass is 10.0. The van der Waals surface area contributed by atoms with Crippen LogP contribution >= 0.6 is 0 Å². The van der Waals surface area contributed by atoms with Crippen LogP contribution in [0.1, 0.15) is 31.9 Å². The second-order valence-corrected chi connectivity index (χ2v) is 5.18. The molecule has 2 unspecified atom stereocenters. The van der Waals surface area contributed by atoms with Gasteiger partial charge in [-0.3, -0.25) is 0 Å². The molecule has 110 valence electrons. The van der Waals surface area contributed by atoms with Crippen LogP contribution in [0.4, 0.5) is 4.79 Å². The predicted molar refractivity (Wildman–Crippen MR) is 72.4 cm³/mol. The lowest BCUT2D eigenvalue weighted by Crippen LogP contribution is -2.53. The zero-order valence-corrected chi connectivity index (χ0v) is 11.5. The largest absolute Gasteiger partial charge is 0.480 e. The van der Waals surface area contributed by atoms with E-state index in [1.807, 2.05) is 13.0 Å². The van der Waals surface area contributed by atoms with Gasteiger partial charge < -0.3 is 19.7 Å². The minimum Gasteiger partial charge on any atom is -0.480 e. The molecule has 2 N–H and O–H groups in total. The molecule has 20 heavy (non-hydrogen) atoms. The lowest BCUT2D eigenvalue weighted by molar-refractivity contribution is -0.143. The van der Waals surface area contributed by atoms with Crippen LogP contribution in [0.15, 0.2) is 22.8 Å². The smallest absolute Gasteiger partial charge is 0.326 e. The van der Waals surface area contributed by atoms with Gasteiger partial charge in [-0.25, -0.2) is 9.59 Å². The van der Waals surface area contributed by atoms with E-state index in [1.165, 1.54) is 4.90 Å². The lowest BCUT2D eigenvalue weighted by Gasteiger charge is -2.33. The first-order chi connectivity index (χ1) is 9.58. The molecule has 1 aliphatic rings. The summed E-state index contributed by atoms with van der Waals surface area (Å²) in [7, 11) is 0. The molecule has 6 nitrogen and oxygen atoms in total. The molecule has 2 atom stereocenters. The molecule has 1 fully saturated rings. The number of urea groups is 1. The fraction of sp³-hybridized carbons (Fsp3) is 0.571. The number of piperidine rings is 1. The van der Waals surface area contributed by atoms with Gasteiger partial charge in [-0.2, -0.15) is 0 Å². The number of aliphatic carboxylic acids is 1. The van der Waals surface area contributed by atoms with Crippen molar-refractivity contribution in [3.8, 4) is 0 Å². The third-order valence-corrected chi connectivity index (χ3v) is 3.51.